The molecule has 3 N–H and O–H groups in total. The van der Waals surface area contributed by atoms with Crippen molar-refractivity contribution in [3.63, 3.8) is 0 Å². The highest BCUT2D eigenvalue weighted by Gasteiger charge is 2.08. The Kier molecular flexibility index (Phi) is 3.18. The maximum Gasteiger partial charge on any atom is 0.115 e. The van der Waals surface area contributed by atoms with Crippen LogP contribution in [0.2, 0.25) is 0 Å². The number of benzene rings is 1. The summed E-state index contributed by atoms with van der Waals surface area (Å²) >= 11 is 0. The SMILES string of the molecule is Cc1[nH]nc(-c2ccc(CC(C)C)cc2)c1N. The van der Waals surface area contributed by atoms with E-state index in [1.54, 1.807) is 0 Å². The van der Waals surface area contributed by atoms with Crippen LogP contribution in [0.5, 0.6) is 0 Å². The molecule has 0 saturated heterocycles. The highest BCUT2D eigenvalue weighted by atomic mass is 15.1. The summed E-state index contributed by atoms with van der Waals surface area (Å²) in [5.41, 5.74) is 10.9. The summed E-state index contributed by atoms with van der Waals surface area (Å²) in [7, 11) is 0. The number of rotatable bonds is 3. The molecule has 0 atom stereocenters. The van der Waals surface area contributed by atoms with E-state index in [0.29, 0.717) is 5.92 Å². The molecule has 1 aromatic carbocycles. The third-order valence-electron chi connectivity index (χ3n) is 2.87. The van der Waals surface area contributed by atoms with Gasteiger partial charge in [0.25, 0.3) is 0 Å². The van der Waals surface area contributed by atoms with E-state index in [4.69, 9.17) is 5.73 Å². The number of aromatic amines is 1. The van der Waals surface area contributed by atoms with E-state index < -0.39 is 0 Å². The summed E-state index contributed by atoms with van der Waals surface area (Å²) in [5.74, 6) is 0.679. The van der Waals surface area contributed by atoms with E-state index in [-0.39, 0.29) is 0 Å². The first-order valence-corrected chi connectivity index (χ1v) is 5.97. The number of nitrogen functional groups attached to an aromatic ring is 1. The largest absolute Gasteiger partial charge is 0.395 e. The summed E-state index contributed by atoms with van der Waals surface area (Å²) in [6.07, 6.45) is 1.11. The van der Waals surface area contributed by atoms with Gasteiger partial charge in [-0.1, -0.05) is 38.1 Å². The van der Waals surface area contributed by atoms with E-state index in [1.165, 1.54) is 5.56 Å². The molecule has 3 nitrogen and oxygen atoms in total. The molecule has 0 amide bonds. The zero-order valence-electron chi connectivity index (χ0n) is 10.6. The van der Waals surface area contributed by atoms with Gasteiger partial charge in [0.2, 0.25) is 0 Å². The minimum absolute atomic E-state index is 0.679. The van der Waals surface area contributed by atoms with Crippen molar-refractivity contribution < 1.29 is 0 Å². The Morgan fingerprint density at radius 3 is 2.35 bits per heavy atom. The van der Waals surface area contributed by atoms with Crippen molar-refractivity contribution >= 4 is 5.69 Å². The highest BCUT2D eigenvalue weighted by Crippen LogP contribution is 2.26. The molecule has 2 rings (SSSR count). The predicted octanol–water partition coefficient (Wildman–Crippen LogP) is 3.17. The van der Waals surface area contributed by atoms with Crippen LogP contribution in [0.4, 0.5) is 5.69 Å². The van der Waals surface area contributed by atoms with E-state index in [0.717, 1.165) is 29.1 Å². The van der Waals surface area contributed by atoms with Gasteiger partial charge in [0, 0.05) is 5.56 Å². The van der Waals surface area contributed by atoms with Crippen molar-refractivity contribution in [1.29, 1.82) is 0 Å². The van der Waals surface area contributed by atoms with Gasteiger partial charge in [-0.2, -0.15) is 5.10 Å². The minimum atomic E-state index is 0.679. The highest BCUT2D eigenvalue weighted by molar-refractivity contribution is 5.74. The summed E-state index contributed by atoms with van der Waals surface area (Å²) in [6, 6.07) is 8.48. The lowest BCUT2D eigenvalue weighted by atomic mass is 10.0. The summed E-state index contributed by atoms with van der Waals surface area (Å²) in [6.45, 7) is 6.38. The van der Waals surface area contributed by atoms with Gasteiger partial charge < -0.3 is 5.73 Å². The molecule has 0 aliphatic carbocycles. The zero-order chi connectivity index (χ0) is 12.4. The monoisotopic (exact) mass is 229 g/mol. The first-order valence-electron chi connectivity index (χ1n) is 5.97. The lowest BCUT2D eigenvalue weighted by Crippen LogP contribution is -1.94. The van der Waals surface area contributed by atoms with E-state index in [2.05, 4.69) is 48.3 Å². The molecule has 0 spiro atoms. The number of nitrogens with one attached hydrogen (secondary N) is 1. The first-order chi connectivity index (χ1) is 8.08. The molecule has 0 saturated carbocycles. The Morgan fingerprint density at radius 1 is 1.24 bits per heavy atom. The van der Waals surface area contributed by atoms with Crippen LogP contribution in [0.3, 0.4) is 0 Å². The Bertz CT molecular complexity index is 495. The van der Waals surface area contributed by atoms with Crippen molar-refractivity contribution in [3.05, 3.63) is 35.5 Å². The van der Waals surface area contributed by atoms with E-state index in [1.807, 2.05) is 6.92 Å². The smallest absolute Gasteiger partial charge is 0.115 e. The van der Waals surface area contributed by atoms with E-state index in [9.17, 15) is 0 Å². The Hall–Kier alpha value is -1.77. The molecule has 3 heteroatoms. The topological polar surface area (TPSA) is 54.7 Å². The fourth-order valence-corrected chi connectivity index (χ4v) is 1.93. The minimum Gasteiger partial charge on any atom is -0.395 e. The first kappa shape index (κ1) is 11.7. The standard InChI is InChI=1S/C14H19N3/c1-9(2)8-11-4-6-12(7-5-11)14-13(15)10(3)16-17-14/h4-7,9H,8,15H2,1-3H3,(H,16,17). The predicted molar refractivity (Wildman–Crippen MR) is 71.7 cm³/mol. The van der Waals surface area contributed by atoms with Gasteiger partial charge in [0.1, 0.15) is 5.69 Å². The van der Waals surface area contributed by atoms with Crippen LogP contribution in [-0.2, 0) is 6.42 Å². The molecule has 0 bridgehead atoms. The molecule has 90 valence electrons. The average molecular weight is 229 g/mol. The van der Waals surface area contributed by atoms with Gasteiger partial charge in [-0.25, -0.2) is 0 Å². The molecule has 0 unspecified atom stereocenters. The van der Waals surface area contributed by atoms with Crippen LogP contribution in [0.15, 0.2) is 24.3 Å². The molecule has 1 heterocycles. The number of hydrogen-bond acceptors (Lipinski definition) is 2. The van der Waals surface area contributed by atoms with Crippen LogP contribution in [0.25, 0.3) is 11.3 Å². The van der Waals surface area contributed by atoms with Crippen molar-refractivity contribution in [2.45, 2.75) is 27.2 Å². The summed E-state index contributed by atoms with van der Waals surface area (Å²) < 4.78 is 0. The third kappa shape index (κ3) is 2.49. The molecule has 0 aliphatic heterocycles. The molecular weight excluding hydrogens is 210 g/mol. The molecule has 1 aromatic heterocycles. The summed E-state index contributed by atoms with van der Waals surface area (Å²) in [4.78, 5) is 0. The lowest BCUT2D eigenvalue weighted by molar-refractivity contribution is 0.647. The van der Waals surface area contributed by atoms with Gasteiger partial charge in [-0.15, -0.1) is 0 Å². The van der Waals surface area contributed by atoms with Gasteiger partial charge in [0.05, 0.1) is 11.4 Å². The third-order valence-corrected chi connectivity index (χ3v) is 2.87. The van der Waals surface area contributed by atoms with Crippen LogP contribution in [-0.4, -0.2) is 10.2 Å². The van der Waals surface area contributed by atoms with Crippen molar-refractivity contribution in [3.8, 4) is 11.3 Å². The van der Waals surface area contributed by atoms with Crippen molar-refractivity contribution in [2.75, 3.05) is 5.73 Å². The van der Waals surface area contributed by atoms with Crippen LogP contribution >= 0.6 is 0 Å². The normalized spacial score (nSPS) is 11.1. The van der Waals surface area contributed by atoms with Gasteiger partial charge in [0.15, 0.2) is 0 Å². The molecule has 2 aromatic rings. The van der Waals surface area contributed by atoms with Gasteiger partial charge in [-0.05, 0) is 24.8 Å². The van der Waals surface area contributed by atoms with E-state index >= 15 is 0 Å². The quantitative estimate of drug-likeness (QED) is 0.849. The fraction of sp³-hybridized carbons (Fsp3) is 0.357. The molecule has 0 aliphatic rings. The van der Waals surface area contributed by atoms with Crippen molar-refractivity contribution in [2.24, 2.45) is 5.92 Å². The molecular formula is C14H19N3. The maximum atomic E-state index is 5.96. The Morgan fingerprint density at radius 2 is 1.88 bits per heavy atom. The second-order valence-electron chi connectivity index (χ2n) is 4.91. The maximum absolute atomic E-state index is 5.96. The Balaban J connectivity index is 2.26. The van der Waals surface area contributed by atoms with Gasteiger partial charge >= 0.3 is 0 Å². The molecule has 17 heavy (non-hydrogen) atoms. The number of nitrogens with zero attached hydrogens (tertiary/aromatic N) is 1. The second-order valence-corrected chi connectivity index (χ2v) is 4.91. The number of anilines is 1. The van der Waals surface area contributed by atoms with Crippen molar-refractivity contribution in [1.82, 2.24) is 10.2 Å². The number of H-pyrrole nitrogens is 1. The van der Waals surface area contributed by atoms with Crippen LogP contribution < -0.4 is 5.73 Å². The lowest BCUT2D eigenvalue weighted by Gasteiger charge is -2.05. The fourth-order valence-electron chi connectivity index (χ4n) is 1.93. The zero-order valence-corrected chi connectivity index (χ0v) is 10.6. The second kappa shape index (κ2) is 4.62. The Labute approximate surface area is 102 Å². The summed E-state index contributed by atoms with van der Waals surface area (Å²) in [5, 5.41) is 7.13. The van der Waals surface area contributed by atoms with Gasteiger partial charge in [-0.3, -0.25) is 5.10 Å². The molecule has 0 radical (unpaired) electrons. The van der Waals surface area contributed by atoms with Crippen LogP contribution in [0.1, 0.15) is 25.1 Å². The number of nitrogens with two attached hydrogens (primary N) is 1. The van der Waals surface area contributed by atoms with Crippen LogP contribution in [0, 0.1) is 12.8 Å². The number of aryl methyl sites for hydroxylation is 1. The number of hydrogen-bond donors (Lipinski definition) is 2. The molecule has 0 fully saturated rings. The number of aromatic nitrogens is 2. The average Bonchev–Trinajstić information content (AvgIpc) is 2.60.